The summed E-state index contributed by atoms with van der Waals surface area (Å²) in [6, 6.07) is 6.69. The third kappa shape index (κ3) is 3.38. The summed E-state index contributed by atoms with van der Waals surface area (Å²) in [4.78, 5) is 27.8. The van der Waals surface area contributed by atoms with Crippen LogP contribution in [0.4, 0.5) is 14.0 Å². The van der Waals surface area contributed by atoms with Gasteiger partial charge in [-0.25, -0.2) is 14.0 Å². The summed E-state index contributed by atoms with van der Waals surface area (Å²) in [6.07, 6.45) is 4.66. The lowest BCUT2D eigenvalue weighted by molar-refractivity contribution is 0.127. The molecule has 4 amide bonds. The fourth-order valence-corrected chi connectivity index (χ4v) is 3.95. The van der Waals surface area contributed by atoms with Crippen LogP contribution in [-0.4, -0.2) is 60.1 Å². The average Bonchev–Trinajstić information content (AvgIpc) is 3.03. The maximum Gasteiger partial charge on any atom is 0.317 e. The van der Waals surface area contributed by atoms with E-state index in [1.54, 1.807) is 17.0 Å². The van der Waals surface area contributed by atoms with E-state index in [2.05, 4.69) is 16.7 Å². The Balaban J connectivity index is 1.31. The summed E-state index contributed by atoms with van der Waals surface area (Å²) >= 11 is 0. The highest BCUT2D eigenvalue weighted by atomic mass is 19.1. The van der Waals surface area contributed by atoms with Gasteiger partial charge < -0.3 is 20.4 Å². The Morgan fingerprint density at radius 1 is 1.23 bits per heavy atom. The Morgan fingerprint density at radius 2 is 2.04 bits per heavy atom. The minimum atomic E-state index is -0.227. The van der Waals surface area contributed by atoms with Crippen LogP contribution >= 0.6 is 0 Å². The molecule has 2 fully saturated rings. The zero-order valence-electron chi connectivity index (χ0n) is 14.6. The molecule has 138 valence electrons. The topological polar surface area (TPSA) is 64.7 Å². The highest BCUT2D eigenvalue weighted by Gasteiger charge is 2.37. The van der Waals surface area contributed by atoms with E-state index in [1.807, 2.05) is 4.90 Å². The Bertz CT molecular complexity index is 734. The van der Waals surface area contributed by atoms with Crippen molar-refractivity contribution in [3.05, 3.63) is 41.7 Å². The second-order valence-corrected chi connectivity index (χ2v) is 7.14. The molecule has 0 aromatic heterocycles. The number of fused-ring (bicyclic) bond motifs is 1. The van der Waals surface area contributed by atoms with Crippen molar-refractivity contribution in [2.45, 2.75) is 31.3 Å². The summed E-state index contributed by atoms with van der Waals surface area (Å²) in [5.41, 5.74) is 2.25. The number of carbonyl (C=O) groups excluding carboxylic acids is 2. The van der Waals surface area contributed by atoms with Crippen molar-refractivity contribution < 1.29 is 14.0 Å². The van der Waals surface area contributed by atoms with Crippen LogP contribution in [0.3, 0.4) is 0 Å². The van der Waals surface area contributed by atoms with Gasteiger partial charge in [0.15, 0.2) is 0 Å². The first-order valence-electron chi connectivity index (χ1n) is 9.15. The van der Waals surface area contributed by atoms with Crippen molar-refractivity contribution in [1.29, 1.82) is 0 Å². The minimum absolute atomic E-state index is 0.0270. The zero-order chi connectivity index (χ0) is 18.1. The largest absolute Gasteiger partial charge is 0.336 e. The first-order valence-corrected chi connectivity index (χ1v) is 9.15. The van der Waals surface area contributed by atoms with Crippen LogP contribution in [0.15, 0.2) is 30.3 Å². The summed E-state index contributed by atoms with van der Waals surface area (Å²) in [5.74, 6) is -0.227. The summed E-state index contributed by atoms with van der Waals surface area (Å²) in [7, 11) is 0. The van der Waals surface area contributed by atoms with Gasteiger partial charge in [-0.05, 0) is 42.5 Å². The molecular weight excluding hydrogens is 335 g/mol. The molecule has 0 saturated carbocycles. The Hall–Kier alpha value is -2.57. The molecule has 1 aromatic rings. The van der Waals surface area contributed by atoms with E-state index in [0.29, 0.717) is 26.2 Å². The fraction of sp³-hybridized carbons (Fsp3) is 0.474. The number of piperazine rings is 1. The van der Waals surface area contributed by atoms with Crippen LogP contribution in [0.5, 0.6) is 0 Å². The number of rotatable bonds is 2. The molecule has 0 radical (unpaired) electrons. The van der Waals surface area contributed by atoms with Gasteiger partial charge in [0, 0.05) is 32.2 Å². The third-order valence-corrected chi connectivity index (χ3v) is 5.47. The zero-order valence-corrected chi connectivity index (χ0v) is 14.6. The molecule has 2 unspecified atom stereocenters. The van der Waals surface area contributed by atoms with Gasteiger partial charge >= 0.3 is 12.1 Å². The minimum Gasteiger partial charge on any atom is -0.336 e. The highest BCUT2D eigenvalue weighted by molar-refractivity contribution is 5.79. The quantitative estimate of drug-likeness (QED) is 0.851. The number of hydrogen-bond donors (Lipinski definition) is 2. The number of benzene rings is 1. The normalized spacial score (nSPS) is 25.4. The number of carbonyl (C=O) groups is 2. The van der Waals surface area contributed by atoms with Crippen LogP contribution in [0, 0.1) is 5.82 Å². The molecule has 1 aromatic carbocycles. The van der Waals surface area contributed by atoms with E-state index in [0.717, 1.165) is 24.8 Å². The Kier molecular flexibility index (Phi) is 4.53. The van der Waals surface area contributed by atoms with E-state index < -0.39 is 0 Å². The molecule has 1 aliphatic carbocycles. The van der Waals surface area contributed by atoms with E-state index in [-0.39, 0.29) is 30.0 Å². The van der Waals surface area contributed by atoms with E-state index in [9.17, 15) is 14.0 Å². The van der Waals surface area contributed by atoms with Gasteiger partial charge in [0.1, 0.15) is 5.82 Å². The summed E-state index contributed by atoms with van der Waals surface area (Å²) in [6.45, 7) is 2.34. The van der Waals surface area contributed by atoms with Crippen LogP contribution in [0.25, 0.3) is 5.57 Å². The van der Waals surface area contributed by atoms with Crippen LogP contribution in [0.2, 0.25) is 0 Å². The molecule has 0 spiro atoms. The molecular formula is C19H23FN4O2. The second kappa shape index (κ2) is 6.97. The summed E-state index contributed by atoms with van der Waals surface area (Å²) < 4.78 is 13.0. The molecule has 2 N–H and O–H groups in total. The molecule has 6 nitrogen and oxygen atoms in total. The monoisotopic (exact) mass is 358 g/mol. The molecule has 2 saturated heterocycles. The molecule has 7 heteroatoms. The first kappa shape index (κ1) is 16.9. The third-order valence-electron chi connectivity index (χ3n) is 5.47. The van der Waals surface area contributed by atoms with Crippen molar-refractivity contribution in [3.63, 3.8) is 0 Å². The van der Waals surface area contributed by atoms with Crippen molar-refractivity contribution in [3.8, 4) is 0 Å². The van der Waals surface area contributed by atoms with Gasteiger partial charge in [0.25, 0.3) is 0 Å². The van der Waals surface area contributed by atoms with Gasteiger partial charge in [0.2, 0.25) is 0 Å². The molecule has 2 atom stereocenters. The number of halogens is 1. The van der Waals surface area contributed by atoms with Crippen molar-refractivity contribution in [2.24, 2.45) is 0 Å². The molecule has 4 rings (SSSR count). The maximum absolute atomic E-state index is 13.0. The average molecular weight is 358 g/mol. The number of allylic oxidation sites excluding steroid dienone is 1. The fourth-order valence-electron chi connectivity index (χ4n) is 3.95. The Labute approximate surface area is 152 Å². The van der Waals surface area contributed by atoms with E-state index in [4.69, 9.17) is 0 Å². The number of hydrogen-bond acceptors (Lipinski definition) is 2. The molecule has 26 heavy (non-hydrogen) atoms. The Morgan fingerprint density at radius 3 is 2.77 bits per heavy atom. The van der Waals surface area contributed by atoms with E-state index in [1.165, 1.54) is 17.7 Å². The lowest BCUT2D eigenvalue weighted by Crippen LogP contribution is -2.57. The number of nitrogens with zero attached hydrogens (tertiary/aromatic N) is 2. The highest BCUT2D eigenvalue weighted by Crippen LogP contribution is 2.27. The van der Waals surface area contributed by atoms with Gasteiger partial charge in [-0.2, -0.15) is 0 Å². The van der Waals surface area contributed by atoms with Gasteiger partial charge in [-0.3, -0.25) is 0 Å². The van der Waals surface area contributed by atoms with Crippen LogP contribution in [0.1, 0.15) is 24.8 Å². The smallest absolute Gasteiger partial charge is 0.317 e. The first-order chi connectivity index (χ1) is 12.6. The number of urea groups is 2. The van der Waals surface area contributed by atoms with Gasteiger partial charge in [0.05, 0.1) is 6.04 Å². The SMILES string of the molecule is O=C(NC1CC=C(c2ccc(F)cc2)CC1)N1CCN2C(=O)NCC2C1. The molecule has 2 heterocycles. The molecule has 2 aliphatic heterocycles. The van der Waals surface area contributed by atoms with Crippen molar-refractivity contribution in [1.82, 2.24) is 20.4 Å². The van der Waals surface area contributed by atoms with Crippen LogP contribution in [-0.2, 0) is 0 Å². The maximum atomic E-state index is 13.0. The predicted octanol–water partition coefficient (Wildman–Crippen LogP) is 2.18. The van der Waals surface area contributed by atoms with Crippen LogP contribution < -0.4 is 10.6 Å². The van der Waals surface area contributed by atoms with E-state index >= 15 is 0 Å². The second-order valence-electron chi connectivity index (χ2n) is 7.14. The standard InChI is InChI=1S/C19H23FN4O2/c20-15-5-1-13(2-6-15)14-3-7-16(8-4-14)22-19(26)23-9-10-24-17(12-23)11-21-18(24)25/h1-3,5-6,16-17H,4,7-12H2,(H,21,25)(H,22,26). The molecule has 3 aliphatic rings. The summed E-state index contributed by atoms with van der Waals surface area (Å²) in [5, 5.41) is 5.94. The lowest BCUT2D eigenvalue weighted by atomic mass is 9.91. The van der Waals surface area contributed by atoms with Gasteiger partial charge in [-0.1, -0.05) is 18.2 Å². The van der Waals surface area contributed by atoms with Crippen molar-refractivity contribution in [2.75, 3.05) is 26.2 Å². The van der Waals surface area contributed by atoms with Crippen molar-refractivity contribution >= 4 is 17.6 Å². The number of amides is 4. The molecule has 0 bridgehead atoms. The predicted molar refractivity (Wildman–Crippen MR) is 96.0 cm³/mol. The lowest BCUT2D eigenvalue weighted by Gasteiger charge is -2.37. The van der Waals surface area contributed by atoms with Gasteiger partial charge in [-0.15, -0.1) is 0 Å². The number of nitrogens with one attached hydrogen (secondary N) is 2.